The van der Waals surface area contributed by atoms with Gasteiger partial charge in [0.05, 0.1) is 11.6 Å². The summed E-state index contributed by atoms with van der Waals surface area (Å²) >= 11 is 12.5. The average Bonchev–Trinajstić information content (AvgIpc) is 3.20. The Bertz CT molecular complexity index is 1260. The van der Waals surface area contributed by atoms with E-state index in [0.717, 1.165) is 5.56 Å². The average molecular weight is 516 g/mol. The SMILES string of the molecule is Cc1cc(OC[C@]2(CC(N)=O)CCCN(C(=O)c3c(-c4ccccc4Cl)noc3C)C2)ccc1Cl. The zero-order valence-electron chi connectivity index (χ0n) is 19.6. The van der Waals surface area contributed by atoms with E-state index in [9.17, 15) is 9.59 Å². The summed E-state index contributed by atoms with van der Waals surface area (Å²) in [6.45, 7) is 4.68. The number of carbonyl (C=O) groups excluding carboxylic acids is 2. The van der Waals surface area contributed by atoms with Crippen LogP contribution in [-0.2, 0) is 4.79 Å². The van der Waals surface area contributed by atoms with Crippen LogP contribution in [-0.4, -0.2) is 41.6 Å². The fraction of sp³-hybridized carbons (Fsp3) is 0.346. The third kappa shape index (κ3) is 5.46. The van der Waals surface area contributed by atoms with Gasteiger partial charge in [-0.3, -0.25) is 9.59 Å². The summed E-state index contributed by atoms with van der Waals surface area (Å²) < 4.78 is 11.5. The lowest BCUT2D eigenvalue weighted by Gasteiger charge is -2.42. The first-order valence-corrected chi connectivity index (χ1v) is 12.1. The van der Waals surface area contributed by atoms with Crippen LogP contribution in [0.15, 0.2) is 47.0 Å². The number of ether oxygens (including phenoxy) is 1. The minimum atomic E-state index is -0.622. The van der Waals surface area contributed by atoms with E-state index < -0.39 is 11.3 Å². The standard InChI is InChI=1S/C26H27Cl2N3O4/c1-16-12-18(8-9-20(16)27)34-15-26(13-22(29)32)10-5-11-31(14-26)25(33)23-17(2)35-30-24(23)19-6-3-4-7-21(19)28/h3-4,6-9,12H,5,10-11,13-15H2,1-2H3,(H2,29,32)/t26-/m0/s1. The number of carbonyl (C=O) groups is 2. The molecule has 184 valence electrons. The lowest BCUT2D eigenvalue weighted by atomic mass is 9.77. The van der Waals surface area contributed by atoms with Crippen molar-refractivity contribution in [3.05, 3.63) is 69.4 Å². The number of hydrogen-bond donors (Lipinski definition) is 1. The van der Waals surface area contributed by atoms with Crippen molar-refractivity contribution < 1.29 is 18.8 Å². The molecule has 0 unspecified atom stereocenters. The lowest BCUT2D eigenvalue weighted by Crippen LogP contribution is -2.50. The van der Waals surface area contributed by atoms with E-state index in [0.29, 0.717) is 64.3 Å². The maximum Gasteiger partial charge on any atom is 0.259 e. The van der Waals surface area contributed by atoms with E-state index >= 15 is 0 Å². The number of likely N-dealkylation sites (tertiary alicyclic amines) is 1. The molecule has 1 aromatic heterocycles. The highest BCUT2D eigenvalue weighted by Crippen LogP contribution is 2.37. The first-order valence-electron chi connectivity index (χ1n) is 11.4. The van der Waals surface area contributed by atoms with E-state index in [4.69, 9.17) is 38.2 Å². The predicted molar refractivity (Wildman–Crippen MR) is 135 cm³/mol. The highest BCUT2D eigenvalue weighted by atomic mass is 35.5. The number of amides is 2. The summed E-state index contributed by atoms with van der Waals surface area (Å²) in [5, 5.41) is 5.25. The number of primary amides is 1. The van der Waals surface area contributed by atoms with Crippen molar-refractivity contribution in [1.82, 2.24) is 10.1 Å². The van der Waals surface area contributed by atoms with E-state index in [1.807, 2.05) is 25.1 Å². The van der Waals surface area contributed by atoms with Crippen molar-refractivity contribution in [2.24, 2.45) is 11.1 Å². The van der Waals surface area contributed by atoms with Crippen LogP contribution in [0.25, 0.3) is 11.3 Å². The molecular formula is C26H27Cl2N3O4. The molecular weight excluding hydrogens is 489 g/mol. The summed E-state index contributed by atoms with van der Waals surface area (Å²) in [5.41, 5.74) is 7.28. The molecule has 0 aliphatic carbocycles. The second kappa shape index (κ2) is 10.3. The van der Waals surface area contributed by atoms with Crippen molar-refractivity contribution >= 4 is 35.0 Å². The number of rotatable bonds is 7. The van der Waals surface area contributed by atoms with Gasteiger partial charge in [0.1, 0.15) is 22.8 Å². The summed E-state index contributed by atoms with van der Waals surface area (Å²) in [7, 11) is 0. The summed E-state index contributed by atoms with van der Waals surface area (Å²) in [6.07, 6.45) is 1.50. The van der Waals surface area contributed by atoms with Gasteiger partial charge in [0.25, 0.3) is 5.91 Å². The van der Waals surface area contributed by atoms with Crippen molar-refractivity contribution in [3.8, 4) is 17.0 Å². The van der Waals surface area contributed by atoms with Gasteiger partial charge in [0.2, 0.25) is 5.91 Å². The molecule has 7 nitrogen and oxygen atoms in total. The number of aromatic nitrogens is 1. The van der Waals surface area contributed by atoms with Gasteiger partial charge < -0.3 is 19.9 Å². The smallest absolute Gasteiger partial charge is 0.259 e. The Labute approximate surface area is 214 Å². The third-order valence-corrected chi connectivity index (χ3v) is 7.13. The van der Waals surface area contributed by atoms with Crippen molar-refractivity contribution in [1.29, 1.82) is 0 Å². The van der Waals surface area contributed by atoms with Gasteiger partial charge in [-0.15, -0.1) is 0 Å². The highest BCUT2D eigenvalue weighted by molar-refractivity contribution is 6.33. The van der Waals surface area contributed by atoms with Gasteiger partial charge in [-0.05, 0) is 56.5 Å². The Balaban J connectivity index is 1.60. The Morgan fingerprint density at radius 1 is 1.17 bits per heavy atom. The van der Waals surface area contributed by atoms with Crippen LogP contribution < -0.4 is 10.5 Å². The molecule has 2 amide bonds. The largest absolute Gasteiger partial charge is 0.493 e. The number of nitrogens with zero attached hydrogens (tertiary/aromatic N) is 2. The van der Waals surface area contributed by atoms with Crippen molar-refractivity contribution in [2.75, 3.05) is 19.7 Å². The maximum atomic E-state index is 13.7. The molecule has 0 radical (unpaired) electrons. The number of nitrogens with two attached hydrogens (primary N) is 1. The number of benzene rings is 2. The molecule has 3 aromatic rings. The van der Waals surface area contributed by atoms with E-state index in [2.05, 4.69) is 5.16 Å². The molecule has 4 rings (SSSR count). The first kappa shape index (κ1) is 25.1. The Morgan fingerprint density at radius 3 is 2.66 bits per heavy atom. The topological polar surface area (TPSA) is 98.7 Å². The molecule has 1 aliphatic heterocycles. The Kier molecular flexibility index (Phi) is 7.38. The van der Waals surface area contributed by atoms with Crippen molar-refractivity contribution in [2.45, 2.75) is 33.1 Å². The van der Waals surface area contributed by atoms with Gasteiger partial charge >= 0.3 is 0 Å². The molecule has 9 heteroatoms. The van der Waals surface area contributed by atoms with E-state index in [-0.39, 0.29) is 18.9 Å². The normalized spacial score (nSPS) is 17.9. The molecule has 0 spiro atoms. The van der Waals surface area contributed by atoms with Gasteiger partial charge in [-0.1, -0.05) is 46.6 Å². The monoisotopic (exact) mass is 515 g/mol. The molecule has 1 aliphatic rings. The molecule has 2 heterocycles. The number of piperidine rings is 1. The van der Waals surface area contributed by atoms with Gasteiger partial charge in [-0.25, -0.2) is 0 Å². The molecule has 1 saturated heterocycles. The van der Waals surface area contributed by atoms with E-state index in [1.165, 1.54) is 0 Å². The maximum absolute atomic E-state index is 13.7. The van der Waals surface area contributed by atoms with Crippen LogP contribution in [0.4, 0.5) is 0 Å². The zero-order chi connectivity index (χ0) is 25.2. The van der Waals surface area contributed by atoms with Gasteiger partial charge in [0.15, 0.2) is 0 Å². The third-order valence-electron chi connectivity index (χ3n) is 6.38. The van der Waals surface area contributed by atoms with Gasteiger partial charge in [-0.2, -0.15) is 0 Å². The number of halogens is 2. The molecule has 0 saturated carbocycles. The van der Waals surface area contributed by atoms with E-state index in [1.54, 1.807) is 36.1 Å². The quantitative estimate of drug-likeness (QED) is 0.451. The second-order valence-corrected chi connectivity index (χ2v) is 9.93. The molecule has 1 atom stereocenters. The molecule has 1 fully saturated rings. The predicted octanol–water partition coefficient (Wildman–Crippen LogP) is 5.44. The van der Waals surface area contributed by atoms with Crippen LogP contribution in [0.2, 0.25) is 10.0 Å². The summed E-state index contributed by atoms with van der Waals surface area (Å²) in [5.74, 6) is 0.390. The van der Waals surface area contributed by atoms with Crippen LogP contribution >= 0.6 is 23.2 Å². The Morgan fingerprint density at radius 2 is 1.94 bits per heavy atom. The Hall–Kier alpha value is -3.03. The fourth-order valence-corrected chi connectivity index (χ4v) is 4.97. The molecule has 0 bridgehead atoms. The van der Waals surface area contributed by atoms with Crippen molar-refractivity contribution in [3.63, 3.8) is 0 Å². The minimum absolute atomic E-state index is 0.101. The summed E-state index contributed by atoms with van der Waals surface area (Å²) in [6, 6.07) is 12.6. The lowest BCUT2D eigenvalue weighted by molar-refractivity contribution is -0.122. The number of hydrogen-bond acceptors (Lipinski definition) is 5. The van der Waals surface area contributed by atoms with Crippen LogP contribution in [0.3, 0.4) is 0 Å². The summed E-state index contributed by atoms with van der Waals surface area (Å²) in [4.78, 5) is 27.5. The zero-order valence-corrected chi connectivity index (χ0v) is 21.2. The van der Waals surface area contributed by atoms with Crippen LogP contribution in [0.1, 0.15) is 40.9 Å². The molecule has 2 N–H and O–H groups in total. The minimum Gasteiger partial charge on any atom is -0.493 e. The molecule has 2 aromatic carbocycles. The highest BCUT2D eigenvalue weighted by Gasteiger charge is 2.41. The fourth-order valence-electron chi connectivity index (χ4n) is 4.63. The van der Waals surface area contributed by atoms with Crippen LogP contribution in [0, 0.1) is 19.3 Å². The second-order valence-electron chi connectivity index (χ2n) is 9.12. The van der Waals surface area contributed by atoms with Gasteiger partial charge in [0, 0.05) is 35.5 Å². The number of aryl methyl sites for hydroxylation is 2. The molecule has 35 heavy (non-hydrogen) atoms. The first-order chi connectivity index (χ1) is 16.7. The van der Waals surface area contributed by atoms with Crippen LogP contribution in [0.5, 0.6) is 5.75 Å².